The molecule has 0 aromatic heterocycles. The summed E-state index contributed by atoms with van der Waals surface area (Å²) in [4.78, 5) is 29.4. The predicted molar refractivity (Wildman–Crippen MR) is 103 cm³/mol. The van der Waals surface area contributed by atoms with Crippen LogP contribution in [0.1, 0.15) is 55.3 Å². The van der Waals surface area contributed by atoms with Crippen molar-refractivity contribution in [3.8, 4) is 0 Å². The molecule has 1 heterocycles. The maximum absolute atomic E-state index is 12.9. The van der Waals surface area contributed by atoms with Crippen molar-refractivity contribution in [2.75, 3.05) is 32.7 Å². The van der Waals surface area contributed by atoms with Gasteiger partial charge < -0.3 is 15.5 Å². The first kappa shape index (κ1) is 18.9. The summed E-state index contributed by atoms with van der Waals surface area (Å²) in [5.41, 5.74) is 6.77. The summed E-state index contributed by atoms with van der Waals surface area (Å²) in [6, 6.07) is 9.39. The van der Waals surface area contributed by atoms with E-state index in [2.05, 4.69) is 0 Å². The minimum atomic E-state index is 0.00117. The molecule has 1 aromatic carbocycles. The Balaban J connectivity index is 1.57. The molecule has 1 aromatic rings. The number of nitrogens with two attached hydrogens (primary N) is 1. The van der Waals surface area contributed by atoms with Crippen LogP contribution in [-0.4, -0.2) is 54.3 Å². The van der Waals surface area contributed by atoms with Crippen LogP contribution in [0.5, 0.6) is 0 Å². The van der Waals surface area contributed by atoms with Crippen LogP contribution >= 0.6 is 0 Å². The fourth-order valence-electron chi connectivity index (χ4n) is 4.32. The van der Waals surface area contributed by atoms with Gasteiger partial charge in [0, 0.05) is 38.2 Å². The van der Waals surface area contributed by atoms with Gasteiger partial charge in [-0.25, -0.2) is 0 Å². The van der Waals surface area contributed by atoms with Gasteiger partial charge in [-0.05, 0) is 43.4 Å². The molecule has 0 spiro atoms. The molecule has 1 saturated carbocycles. The number of carbonyl (C=O) groups excluding carboxylic acids is 2. The molecule has 0 bridgehead atoms. The van der Waals surface area contributed by atoms with Crippen LogP contribution in [-0.2, 0) is 4.79 Å². The summed E-state index contributed by atoms with van der Waals surface area (Å²) >= 11 is 0. The van der Waals surface area contributed by atoms with Gasteiger partial charge in [0.1, 0.15) is 0 Å². The molecule has 26 heavy (non-hydrogen) atoms. The van der Waals surface area contributed by atoms with E-state index in [0.717, 1.165) is 31.4 Å². The molecule has 2 fully saturated rings. The third-order valence-electron chi connectivity index (χ3n) is 6.03. The Morgan fingerprint density at radius 2 is 1.54 bits per heavy atom. The van der Waals surface area contributed by atoms with Crippen LogP contribution in [0.4, 0.5) is 0 Å². The number of nitrogens with zero attached hydrogens (tertiary/aromatic N) is 2. The van der Waals surface area contributed by atoms with Gasteiger partial charge in [-0.15, -0.1) is 0 Å². The highest BCUT2D eigenvalue weighted by atomic mass is 16.2. The van der Waals surface area contributed by atoms with Gasteiger partial charge in [0.05, 0.1) is 0 Å². The van der Waals surface area contributed by atoms with Gasteiger partial charge in [0.15, 0.2) is 0 Å². The number of hydrogen-bond donors (Lipinski definition) is 1. The lowest BCUT2D eigenvalue weighted by molar-refractivity contribution is -0.134. The SMILES string of the molecule is NCC1(CC(=O)N2CCCN(C(=O)c3ccccc3)CC2)CCCCC1. The van der Waals surface area contributed by atoms with Crippen molar-refractivity contribution in [1.29, 1.82) is 0 Å². The van der Waals surface area contributed by atoms with Crippen LogP contribution < -0.4 is 5.73 Å². The number of carbonyl (C=O) groups is 2. The molecule has 1 aliphatic heterocycles. The topological polar surface area (TPSA) is 66.6 Å². The molecule has 2 amide bonds. The zero-order valence-electron chi connectivity index (χ0n) is 15.7. The second kappa shape index (κ2) is 8.67. The molecule has 0 unspecified atom stereocenters. The third kappa shape index (κ3) is 4.44. The fraction of sp³-hybridized carbons (Fsp3) is 0.619. The van der Waals surface area contributed by atoms with Gasteiger partial charge in [-0.3, -0.25) is 9.59 Å². The van der Waals surface area contributed by atoms with Crippen molar-refractivity contribution in [1.82, 2.24) is 9.80 Å². The number of rotatable bonds is 4. The second-order valence-corrected chi connectivity index (χ2v) is 7.83. The smallest absolute Gasteiger partial charge is 0.253 e. The van der Waals surface area contributed by atoms with Gasteiger partial charge in [-0.1, -0.05) is 37.5 Å². The van der Waals surface area contributed by atoms with Gasteiger partial charge in [0.25, 0.3) is 5.91 Å². The molecule has 5 heteroatoms. The van der Waals surface area contributed by atoms with Crippen molar-refractivity contribution in [2.24, 2.45) is 11.1 Å². The Morgan fingerprint density at radius 1 is 0.885 bits per heavy atom. The van der Waals surface area contributed by atoms with E-state index in [1.807, 2.05) is 40.1 Å². The lowest BCUT2D eigenvalue weighted by Gasteiger charge is -2.37. The first-order valence-corrected chi connectivity index (χ1v) is 9.96. The van der Waals surface area contributed by atoms with Gasteiger partial charge >= 0.3 is 0 Å². The number of amides is 2. The minimum Gasteiger partial charge on any atom is -0.341 e. The summed E-state index contributed by atoms with van der Waals surface area (Å²) in [5.74, 6) is 0.275. The highest BCUT2D eigenvalue weighted by Gasteiger charge is 2.35. The summed E-state index contributed by atoms with van der Waals surface area (Å²) in [5, 5.41) is 0. The Bertz CT molecular complexity index is 611. The average molecular weight is 357 g/mol. The van der Waals surface area contributed by atoms with E-state index in [9.17, 15) is 9.59 Å². The van der Waals surface area contributed by atoms with E-state index < -0.39 is 0 Å². The lowest BCUT2D eigenvalue weighted by atomic mass is 9.71. The monoisotopic (exact) mass is 357 g/mol. The van der Waals surface area contributed by atoms with Crippen LogP contribution in [0.15, 0.2) is 30.3 Å². The van der Waals surface area contributed by atoms with E-state index in [0.29, 0.717) is 32.6 Å². The quantitative estimate of drug-likeness (QED) is 0.901. The molecule has 2 aliphatic rings. The van der Waals surface area contributed by atoms with E-state index in [1.54, 1.807) is 0 Å². The molecule has 1 saturated heterocycles. The Morgan fingerprint density at radius 3 is 2.23 bits per heavy atom. The minimum absolute atomic E-state index is 0.00117. The third-order valence-corrected chi connectivity index (χ3v) is 6.03. The molecule has 142 valence electrons. The van der Waals surface area contributed by atoms with Gasteiger partial charge in [-0.2, -0.15) is 0 Å². The Hall–Kier alpha value is -1.88. The van der Waals surface area contributed by atoms with E-state index in [1.165, 1.54) is 19.3 Å². The Kier molecular flexibility index (Phi) is 6.30. The maximum atomic E-state index is 12.9. The largest absolute Gasteiger partial charge is 0.341 e. The van der Waals surface area contributed by atoms with E-state index >= 15 is 0 Å². The van der Waals surface area contributed by atoms with Crippen molar-refractivity contribution in [3.05, 3.63) is 35.9 Å². The van der Waals surface area contributed by atoms with Gasteiger partial charge in [0.2, 0.25) is 5.91 Å². The maximum Gasteiger partial charge on any atom is 0.253 e. The standard InChI is InChI=1S/C21H31N3O2/c22-17-21(10-5-2-6-11-21)16-19(25)23-12-7-13-24(15-14-23)20(26)18-8-3-1-4-9-18/h1,3-4,8-9H,2,5-7,10-17,22H2. The number of benzene rings is 1. The molecule has 1 aliphatic carbocycles. The van der Waals surface area contributed by atoms with Crippen LogP contribution in [0.3, 0.4) is 0 Å². The zero-order chi connectivity index (χ0) is 18.4. The molecule has 2 N–H and O–H groups in total. The van der Waals surface area contributed by atoms with Crippen molar-refractivity contribution in [2.45, 2.75) is 44.9 Å². The zero-order valence-corrected chi connectivity index (χ0v) is 15.7. The van der Waals surface area contributed by atoms with Crippen LogP contribution in [0.2, 0.25) is 0 Å². The molecule has 0 atom stereocenters. The fourth-order valence-corrected chi connectivity index (χ4v) is 4.32. The molecule has 3 rings (SSSR count). The van der Waals surface area contributed by atoms with Crippen molar-refractivity contribution >= 4 is 11.8 Å². The molecule has 5 nitrogen and oxygen atoms in total. The normalized spacial score (nSPS) is 20.5. The predicted octanol–water partition coefficient (Wildman–Crippen LogP) is 2.66. The molecular formula is C21H31N3O2. The second-order valence-electron chi connectivity index (χ2n) is 7.83. The number of hydrogen-bond acceptors (Lipinski definition) is 3. The highest BCUT2D eigenvalue weighted by Crippen LogP contribution is 2.38. The molecular weight excluding hydrogens is 326 g/mol. The lowest BCUT2D eigenvalue weighted by Crippen LogP contribution is -2.42. The van der Waals surface area contributed by atoms with Crippen LogP contribution in [0, 0.1) is 5.41 Å². The first-order chi connectivity index (χ1) is 12.6. The first-order valence-electron chi connectivity index (χ1n) is 9.96. The summed E-state index contributed by atoms with van der Waals surface area (Å²) in [6.07, 6.45) is 7.17. The van der Waals surface area contributed by atoms with E-state index in [4.69, 9.17) is 5.73 Å². The van der Waals surface area contributed by atoms with Crippen LogP contribution in [0.25, 0.3) is 0 Å². The van der Waals surface area contributed by atoms with Crippen molar-refractivity contribution < 1.29 is 9.59 Å². The summed E-state index contributed by atoms with van der Waals surface area (Å²) in [6.45, 7) is 3.27. The summed E-state index contributed by atoms with van der Waals surface area (Å²) < 4.78 is 0. The summed E-state index contributed by atoms with van der Waals surface area (Å²) in [7, 11) is 0. The average Bonchev–Trinajstić information content (AvgIpc) is 2.95. The molecule has 0 radical (unpaired) electrons. The Labute approximate surface area is 156 Å². The highest BCUT2D eigenvalue weighted by molar-refractivity contribution is 5.94. The van der Waals surface area contributed by atoms with E-state index in [-0.39, 0.29) is 17.2 Å². The van der Waals surface area contributed by atoms with Crippen molar-refractivity contribution in [3.63, 3.8) is 0 Å².